The number of anilines is 1. The zero-order valence-corrected chi connectivity index (χ0v) is 12.3. The van der Waals surface area contributed by atoms with E-state index in [4.69, 9.17) is 16.3 Å². The largest absolute Gasteiger partial charge is 0.465 e. The first kappa shape index (κ1) is 14.1. The van der Waals surface area contributed by atoms with Crippen LogP contribution in [0.15, 0.2) is 12.3 Å². The van der Waals surface area contributed by atoms with Gasteiger partial charge in [-0.15, -0.1) is 0 Å². The highest BCUT2D eigenvalue weighted by Gasteiger charge is 2.28. The monoisotopic (exact) mass is 282 g/mol. The summed E-state index contributed by atoms with van der Waals surface area (Å²) in [4.78, 5) is 17.9. The van der Waals surface area contributed by atoms with Gasteiger partial charge in [0, 0.05) is 19.3 Å². The van der Waals surface area contributed by atoms with E-state index in [0.717, 1.165) is 31.6 Å². The maximum Gasteiger partial charge on any atom is 0.341 e. The fraction of sp³-hybridized carbons (Fsp3) is 0.571. The van der Waals surface area contributed by atoms with Crippen LogP contribution in [0, 0.1) is 5.41 Å². The third kappa shape index (κ3) is 3.18. The van der Waals surface area contributed by atoms with Crippen molar-refractivity contribution in [2.75, 3.05) is 25.1 Å². The minimum absolute atomic E-state index is 0.360. The third-order valence-corrected chi connectivity index (χ3v) is 3.92. The lowest BCUT2D eigenvalue weighted by molar-refractivity contribution is 0.0601. The molecule has 0 N–H and O–H groups in total. The van der Waals surface area contributed by atoms with Crippen LogP contribution in [0.3, 0.4) is 0 Å². The predicted octanol–water partition coefficient (Wildman–Crippen LogP) is 3.15. The van der Waals surface area contributed by atoms with Crippen LogP contribution < -0.4 is 4.90 Å². The molecule has 1 aromatic heterocycles. The van der Waals surface area contributed by atoms with E-state index in [0.29, 0.717) is 16.1 Å². The number of pyridine rings is 1. The van der Waals surface area contributed by atoms with Gasteiger partial charge in [-0.05, 0) is 24.3 Å². The van der Waals surface area contributed by atoms with Crippen molar-refractivity contribution >= 4 is 23.3 Å². The Kier molecular flexibility index (Phi) is 3.99. The molecule has 1 fully saturated rings. The summed E-state index contributed by atoms with van der Waals surface area (Å²) in [5, 5.41) is 0.396. The van der Waals surface area contributed by atoms with Crippen LogP contribution in [-0.4, -0.2) is 31.2 Å². The molecular weight excluding hydrogens is 264 g/mol. The van der Waals surface area contributed by atoms with Crippen LogP contribution in [0.25, 0.3) is 0 Å². The maximum absolute atomic E-state index is 11.8. The van der Waals surface area contributed by atoms with Crippen molar-refractivity contribution in [1.29, 1.82) is 0 Å². The number of methoxy groups -OCH3 is 1. The Bertz CT molecular complexity index is 478. The second-order valence-corrected chi connectivity index (χ2v) is 6.05. The summed E-state index contributed by atoms with van der Waals surface area (Å²) in [5.74, 6) is -0.371. The van der Waals surface area contributed by atoms with Crippen LogP contribution in [0.5, 0.6) is 0 Å². The second kappa shape index (κ2) is 5.37. The number of ether oxygens (including phenoxy) is 1. The van der Waals surface area contributed by atoms with E-state index in [1.54, 1.807) is 6.07 Å². The highest BCUT2D eigenvalue weighted by Crippen LogP contribution is 2.34. The van der Waals surface area contributed by atoms with Gasteiger partial charge in [-0.25, -0.2) is 9.78 Å². The summed E-state index contributed by atoms with van der Waals surface area (Å²) in [7, 11) is 1.38. The molecule has 104 valence electrons. The van der Waals surface area contributed by atoms with Crippen LogP contribution in [0.2, 0.25) is 5.15 Å². The van der Waals surface area contributed by atoms with E-state index in [9.17, 15) is 4.79 Å². The number of esters is 1. The molecule has 0 amide bonds. The average Bonchev–Trinajstić information content (AvgIpc) is 2.38. The molecule has 1 saturated heterocycles. The Balaban J connectivity index is 2.28. The highest BCUT2D eigenvalue weighted by atomic mass is 35.5. The Morgan fingerprint density at radius 1 is 1.42 bits per heavy atom. The van der Waals surface area contributed by atoms with Crippen molar-refractivity contribution in [3.8, 4) is 0 Å². The number of hydrogen-bond donors (Lipinski definition) is 0. The molecule has 0 aliphatic carbocycles. The number of aromatic nitrogens is 1. The number of hydrogen-bond acceptors (Lipinski definition) is 4. The van der Waals surface area contributed by atoms with Gasteiger partial charge in [0.2, 0.25) is 0 Å². The fourth-order valence-corrected chi connectivity index (χ4v) is 2.45. The molecule has 2 rings (SSSR count). The van der Waals surface area contributed by atoms with Gasteiger partial charge < -0.3 is 9.64 Å². The van der Waals surface area contributed by atoms with Gasteiger partial charge in [0.1, 0.15) is 10.7 Å². The lowest BCUT2D eigenvalue weighted by Crippen LogP contribution is -2.38. The maximum atomic E-state index is 11.8. The third-order valence-electron chi connectivity index (χ3n) is 3.71. The Morgan fingerprint density at radius 2 is 2.05 bits per heavy atom. The molecule has 2 heterocycles. The van der Waals surface area contributed by atoms with Crippen molar-refractivity contribution in [3.05, 3.63) is 23.0 Å². The van der Waals surface area contributed by atoms with Crippen molar-refractivity contribution in [2.45, 2.75) is 26.7 Å². The first-order valence-corrected chi connectivity index (χ1v) is 6.79. The SMILES string of the molecule is COC(=O)c1cnc(Cl)cc1N1CCC(C)(C)CC1. The van der Waals surface area contributed by atoms with Gasteiger partial charge in [-0.3, -0.25) is 0 Å². The predicted molar refractivity (Wildman–Crippen MR) is 75.8 cm³/mol. The molecule has 0 radical (unpaired) electrons. The first-order chi connectivity index (χ1) is 8.93. The van der Waals surface area contributed by atoms with Crippen LogP contribution in [-0.2, 0) is 4.74 Å². The summed E-state index contributed by atoms with van der Waals surface area (Å²) >= 11 is 5.95. The summed E-state index contributed by atoms with van der Waals surface area (Å²) in [6.45, 7) is 6.37. The minimum Gasteiger partial charge on any atom is -0.465 e. The van der Waals surface area contributed by atoms with Crippen molar-refractivity contribution < 1.29 is 9.53 Å². The lowest BCUT2D eigenvalue weighted by atomic mass is 9.82. The number of piperidine rings is 1. The Morgan fingerprint density at radius 3 is 2.63 bits per heavy atom. The van der Waals surface area contributed by atoms with Gasteiger partial charge in [-0.1, -0.05) is 25.4 Å². The number of nitrogens with zero attached hydrogens (tertiary/aromatic N) is 2. The summed E-state index contributed by atoms with van der Waals surface area (Å²) < 4.78 is 4.80. The number of halogens is 1. The molecule has 0 atom stereocenters. The number of carbonyl (C=O) groups is 1. The topological polar surface area (TPSA) is 42.4 Å². The van der Waals surface area contributed by atoms with E-state index in [1.165, 1.54) is 13.3 Å². The molecule has 0 saturated carbocycles. The van der Waals surface area contributed by atoms with E-state index in [1.807, 2.05) is 0 Å². The highest BCUT2D eigenvalue weighted by molar-refractivity contribution is 6.29. The summed E-state index contributed by atoms with van der Waals surface area (Å²) in [5.41, 5.74) is 1.66. The van der Waals surface area contributed by atoms with Gasteiger partial charge in [0.25, 0.3) is 0 Å². The molecule has 0 aromatic carbocycles. The number of rotatable bonds is 2. The summed E-state index contributed by atoms with van der Waals surface area (Å²) in [6.07, 6.45) is 3.67. The lowest BCUT2D eigenvalue weighted by Gasteiger charge is -2.38. The van der Waals surface area contributed by atoms with Gasteiger partial charge in [0.05, 0.1) is 12.8 Å². The van der Waals surface area contributed by atoms with Gasteiger partial charge in [0.15, 0.2) is 0 Å². The molecule has 0 spiro atoms. The molecule has 1 aliphatic heterocycles. The molecule has 5 heteroatoms. The quantitative estimate of drug-likeness (QED) is 0.617. The molecule has 4 nitrogen and oxygen atoms in total. The molecule has 1 aromatic rings. The van der Waals surface area contributed by atoms with E-state index in [2.05, 4.69) is 23.7 Å². The van der Waals surface area contributed by atoms with E-state index >= 15 is 0 Å². The molecule has 0 bridgehead atoms. The Hall–Kier alpha value is -1.29. The van der Waals surface area contributed by atoms with E-state index in [-0.39, 0.29) is 5.97 Å². The van der Waals surface area contributed by atoms with Gasteiger partial charge >= 0.3 is 5.97 Å². The van der Waals surface area contributed by atoms with Crippen molar-refractivity contribution in [2.24, 2.45) is 5.41 Å². The standard InChI is InChI=1S/C14H19ClN2O2/c1-14(2)4-6-17(7-5-14)11-8-12(15)16-9-10(11)13(18)19-3/h8-9H,4-7H2,1-3H3. The first-order valence-electron chi connectivity index (χ1n) is 6.42. The smallest absolute Gasteiger partial charge is 0.341 e. The average molecular weight is 283 g/mol. The second-order valence-electron chi connectivity index (χ2n) is 5.67. The fourth-order valence-electron chi connectivity index (χ4n) is 2.30. The van der Waals surface area contributed by atoms with Crippen molar-refractivity contribution in [1.82, 2.24) is 4.98 Å². The molecule has 19 heavy (non-hydrogen) atoms. The molecule has 0 unspecified atom stereocenters. The van der Waals surface area contributed by atoms with Crippen molar-refractivity contribution in [3.63, 3.8) is 0 Å². The Labute approximate surface area is 118 Å². The zero-order chi connectivity index (χ0) is 14.0. The van der Waals surface area contributed by atoms with Crippen LogP contribution in [0.1, 0.15) is 37.0 Å². The molecular formula is C14H19ClN2O2. The van der Waals surface area contributed by atoms with Crippen LogP contribution >= 0.6 is 11.6 Å². The van der Waals surface area contributed by atoms with Crippen LogP contribution in [0.4, 0.5) is 5.69 Å². The van der Waals surface area contributed by atoms with E-state index < -0.39 is 0 Å². The summed E-state index contributed by atoms with van der Waals surface area (Å²) in [6, 6.07) is 1.74. The normalized spacial score (nSPS) is 18.2. The molecule has 1 aliphatic rings. The van der Waals surface area contributed by atoms with Gasteiger partial charge in [-0.2, -0.15) is 0 Å². The number of carbonyl (C=O) groups excluding carboxylic acids is 1. The minimum atomic E-state index is -0.371. The zero-order valence-electron chi connectivity index (χ0n) is 11.6.